The highest BCUT2D eigenvalue weighted by Gasteiger charge is 2.17. The van der Waals surface area contributed by atoms with Crippen molar-refractivity contribution in [2.24, 2.45) is 0 Å². The van der Waals surface area contributed by atoms with E-state index in [1.807, 2.05) is 30.3 Å². The fraction of sp³-hybridized carbons (Fsp3) is 0.0385. The quantitative estimate of drug-likeness (QED) is 0.405. The smallest absolute Gasteiger partial charge is 0.270 e. The lowest BCUT2D eigenvalue weighted by molar-refractivity contribution is 0.0943. The monoisotopic (exact) mass is 440 g/mol. The van der Waals surface area contributed by atoms with Gasteiger partial charge in [0.1, 0.15) is 17.3 Å². The van der Waals surface area contributed by atoms with Gasteiger partial charge in [-0.05, 0) is 48.0 Å². The van der Waals surface area contributed by atoms with Crippen LogP contribution in [0, 0.1) is 11.6 Å². The Balaban J connectivity index is 1.56. The second-order valence-corrected chi connectivity index (χ2v) is 7.51. The van der Waals surface area contributed by atoms with Crippen LogP contribution in [0.4, 0.5) is 8.78 Å². The second-order valence-electron chi connectivity index (χ2n) is 7.51. The molecular weight excluding hydrogens is 422 g/mol. The van der Waals surface area contributed by atoms with Crippen LogP contribution in [0.2, 0.25) is 0 Å². The molecule has 7 heteroatoms. The largest absolute Gasteiger partial charge is 0.347 e. The van der Waals surface area contributed by atoms with Crippen molar-refractivity contribution in [3.05, 3.63) is 114 Å². The Bertz CT molecular complexity index is 1430. The zero-order valence-corrected chi connectivity index (χ0v) is 17.4. The van der Waals surface area contributed by atoms with Crippen molar-refractivity contribution in [3.8, 4) is 22.5 Å². The van der Waals surface area contributed by atoms with Crippen molar-refractivity contribution in [2.45, 2.75) is 6.54 Å². The number of amides is 1. The van der Waals surface area contributed by atoms with Gasteiger partial charge in [-0.1, -0.05) is 42.5 Å². The molecule has 0 saturated heterocycles. The molecule has 0 radical (unpaired) electrons. The van der Waals surface area contributed by atoms with Crippen LogP contribution in [-0.2, 0) is 6.54 Å². The average Bonchev–Trinajstić information content (AvgIpc) is 3.28. The summed E-state index contributed by atoms with van der Waals surface area (Å²) in [5, 5.41) is 7.46. The molecule has 1 amide bonds. The molecule has 1 N–H and O–H groups in total. The van der Waals surface area contributed by atoms with Crippen LogP contribution in [0.5, 0.6) is 0 Å². The average molecular weight is 440 g/mol. The highest BCUT2D eigenvalue weighted by atomic mass is 19.1. The van der Waals surface area contributed by atoms with Gasteiger partial charge in [0, 0.05) is 23.7 Å². The summed E-state index contributed by atoms with van der Waals surface area (Å²) in [6.07, 6.45) is 0. The molecular formula is C26H18F2N4O. The molecule has 0 saturated carbocycles. The molecule has 0 aliphatic rings. The third kappa shape index (κ3) is 4.34. The van der Waals surface area contributed by atoms with E-state index in [-0.39, 0.29) is 29.8 Å². The Morgan fingerprint density at radius 2 is 1.42 bits per heavy atom. The van der Waals surface area contributed by atoms with Gasteiger partial charge in [-0.2, -0.15) is 5.10 Å². The van der Waals surface area contributed by atoms with Crippen LogP contribution in [0.25, 0.3) is 28.2 Å². The van der Waals surface area contributed by atoms with E-state index in [1.165, 1.54) is 28.8 Å². The number of hydrogen-bond donors (Lipinski definition) is 1. The van der Waals surface area contributed by atoms with Gasteiger partial charge in [-0.15, -0.1) is 0 Å². The van der Waals surface area contributed by atoms with E-state index in [4.69, 9.17) is 0 Å². The Morgan fingerprint density at radius 1 is 0.788 bits per heavy atom. The van der Waals surface area contributed by atoms with Crippen LogP contribution in [0.3, 0.4) is 0 Å². The fourth-order valence-electron chi connectivity index (χ4n) is 3.53. The molecule has 0 spiro atoms. The fourth-order valence-corrected chi connectivity index (χ4v) is 3.53. The maximum atomic E-state index is 13.4. The molecule has 0 unspecified atom stereocenters. The Morgan fingerprint density at radius 3 is 2.12 bits per heavy atom. The van der Waals surface area contributed by atoms with E-state index in [1.54, 1.807) is 36.4 Å². The summed E-state index contributed by atoms with van der Waals surface area (Å²) < 4.78 is 28.1. The first-order valence-corrected chi connectivity index (χ1v) is 10.3. The van der Waals surface area contributed by atoms with E-state index >= 15 is 0 Å². The van der Waals surface area contributed by atoms with Crippen LogP contribution in [0.15, 0.2) is 91.0 Å². The van der Waals surface area contributed by atoms with Gasteiger partial charge < -0.3 is 5.32 Å². The maximum absolute atomic E-state index is 13.4. The number of carbonyl (C=O) groups is 1. The normalized spacial score (nSPS) is 11.0. The molecule has 0 aliphatic carbocycles. The summed E-state index contributed by atoms with van der Waals surface area (Å²) in [7, 11) is 0. The van der Waals surface area contributed by atoms with E-state index in [9.17, 15) is 13.6 Å². The van der Waals surface area contributed by atoms with Crippen LogP contribution < -0.4 is 5.32 Å². The summed E-state index contributed by atoms with van der Waals surface area (Å²) in [4.78, 5) is 17.8. The molecule has 5 nitrogen and oxygen atoms in total. The number of carbonyl (C=O) groups excluding carboxylic acids is 1. The van der Waals surface area contributed by atoms with Crippen molar-refractivity contribution in [3.63, 3.8) is 0 Å². The molecule has 2 aromatic heterocycles. The van der Waals surface area contributed by atoms with E-state index in [2.05, 4.69) is 15.4 Å². The van der Waals surface area contributed by atoms with Gasteiger partial charge in [0.05, 0.1) is 11.4 Å². The lowest BCUT2D eigenvalue weighted by Crippen LogP contribution is -2.25. The van der Waals surface area contributed by atoms with E-state index in [0.717, 1.165) is 11.1 Å². The summed E-state index contributed by atoms with van der Waals surface area (Å²) >= 11 is 0. The zero-order valence-electron chi connectivity index (χ0n) is 17.4. The molecule has 3 aromatic carbocycles. The van der Waals surface area contributed by atoms with Crippen molar-refractivity contribution >= 4 is 11.6 Å². The standard InChI is InChI=1S/C26H18F2N4O/c27-20-10-6-17(7-11-20)16-29-26(33)24-14-22(19-8-12-21(28)13-9-19)30-25-15-23(31-32(24)25)18-4-2-1-3-5-18/h1-15H,16H2,(H,29,33). The Labute approximate surface area is 188 Å². The molecule has 2 heterocycles. The minimum atomic E-state index is -0.363. The van der Waals surface area contributed by atoms with Gasteiger partial charge in [0.15, 0.2) is 5.65 Å². The van der Waals surface area contributed by atoms with Crippen molar-refractivity contribution in [1.82, 2.24) is 19.9 Å². The third-order valence-corrected chi connectivity index (χ3v) is 5.24. The molecule has 162 valence electrons. The van der Waals surface area contributed by atoms with Crippen LogP contribution in [0.1, 0.15) is 16.1 Å². The number of aromatic nitrogens is 3. The van der Waals surface area contributed by atoms with Crippen LogP contribution >= 0.6 is 0 Å². The maximum Gasteiger partial charge on any atom is 0.270 e. The topological polar surface area (TPSA) is 59.3 Å². The summed E-state index contributed by atoms with van der Waals surface area (Å²) in [6.45, 7) is 0.224. The van der Waals surface area contributed by atoms with E-state index in [0.29, 0.717) is 22.6 Å². The van der Waals surface area contributed by atoms with Gasteiger partial charge in [-0.3, -0.25) is 4.79 Å². The minimum Gasteiger partial charge on any atom is -0.347 e. The number of rotatable bonds is 5. The first-order valence-electron chi connectivity index (χ1n) is 10.3. The SMILES string of the molecule is O=C(NCc1ccc(F)cc1)c1cc(-c2ccc(F)cc2)nc2cc(-c3ccccc3)nn12. The molecule has 0 fully saturated rings. The first kappa shape index (κ1) is 20.5. The predicted octanol–water partition coefficient (Wildman–Crippen LogP) is 5.27. The number of hydrogen-bond acceptors (Lipinski definition) is 3. The molecule has 5 rings (SSSR count). The van der Waals surface area contributed by atoms with Crippen LogP contribution in [-0.4, -0.2) is 20.5 Å². The van der Waals surface area contributed by atoms with Gasteiger partial charge in [0.2, 0.25) is 0 Å². The number of nitrogens with one attached hydrogen (secondary N) is 1. The second kappa shape index (κ2) is 8.63. The molecule has 5 aromatic rings. The van der Waals surface area contributed by atoms with Crippen molar-refractivity contribution < 1.29 is 13.6 Å². The lowest BCUT2D eigenvalue weighted by atomic mass is 10.1. The number of nitrogens with zero attached hydrogens (tertiary/aromatic N) is 3. The highest BCUT2D eigenvalue weighted by Crippen LogP contribution is 2.24. The lowest BCUT2D eigenvalue weighted by Gasteiger charge is -2.09. The van der Waals surface area contributed by atoms with Gasteiger partial charge in [-0.25, -0.2) is 18.3 Å². The van der Waals surface area contributed by atoms with E-state index < -0.39 is 0 Å². The molecule has 0 bridgehead atoms. The summed E-state index contributed by atoms with van der Waals surface area (Å²) in [5.74, 6) is -1.06. The predicted molar refractivity (Wildman–Crippen MR) is 121 cm³/mol. The minimum absolute atomic E-state index is 0.224. The summed E-state index contributed by atoms with van der Waals surface area (Å²) in [5.41, 5.74) is 4.30. The number of benzene rings is 3. The molecule has 0 aliphatic heterocycles. The number of fused-ring (bicyclic) bond motifs is 1. The summed E-state index contributed by atoms with van der Waals surface area (Å²) in [6, 6.07) is 24.9. The molecule has 0 atom stereocenters. The van der Waals surface area contributed by atoms with Gasteiger partial charge >= 0.3 is 0 Å². The zero-order chi connectivity index (χ0) is 22.8. The highest BCUT2D eigenvalue weighted by molar-refractivity contribution is 5.94. The van der Waals surface area contributed by atoms with Gasteiger partial charge in [0.25, 0.3) is 5.91 Å². The Kier molecular flexibility index (Phi) is 5.36. The van der Waals surface area contributed by atoms with Crippen molar-refractivity contribution in [2.75, 3.05) is 0 Å². The van der Waals surface area contributed by atoms with Crippen molar-refractivity contribution in [1.29, 1.82) is 0 Å². The Hall–Kier alpha value is -4.39. The number of halogens is 2. The third-order valence-electron chi connectivity index (χ3n) is 5.24. The first-order chi connectivity index (χ1) is 16.1. The molecule has 33 heavy (non-hydrogen) atoms.